The van der Waals surface area contributed by atoms with Gasteiger partial charge in [-0.05, 0) is 26.3 Å². The molecular formula is C20H23N3O2. The third-order valence-corrected chi connectivity index (χ3v) is 4.14. The lowest BCUT2D eigenvalue weighted by atomic mass is 10.1. The zero-order chi connectivity index (χ0) is 18.0. The molecule has 3 aromatic rings. The highest BCUT2D eigenvalue weighted by molar-refractivity contribution is 5.68. The third kappa shape index (κ3) is 3.65. The molecule has 0 saturated carbocycles. The highest BCUT2D eigenvalue weighted by atomic mass is 16.5. The lowest BCUT2D eigenvalue weighted by Gasteiger charge is -2.14. The second-order valence-electron chi connectivity index (χ2n) is 6.46. The van der Waals surface area contributed by atoms with Crippen molar-refractivity contribution in [1.29, 1.82) is 0 Å². The Hall–Kier alpha value is -2.82. The van der Waals surface area contributed by atoms with Crippen LogP contribution >= 0.6 is 0 Å². The lowest BCUT2D eigenvalue weighted by Crippen LogP contribution is -2.17. The number of aryl methyl sites for hydroxylation is 1. The number of nitrogens with zero attached hydrogens (tertiary/aromatic N) is 3. The molecule has 0 radical (unpaired) electrons. The van der Waals surface area contributed by atoms with E-state index in [4.69, 9.17) is 4.74 Å². The van der Waals surface area contributed by atoms with Gasteiger partial charge in [0.1, 0.15) is 5.75 Å². The van der Waals surface area contributed by atoms with Crippen molar-refractivity contribution < 1.29 is 4.74 Å². The maximum atomic E-state index is 12.0. The number of benzene rings is 1. The maximum Gasteiger partial charge on any atom is 0.254 e. The van der Waals surface area contributed by atoms with Crippen molar-refractivity contribution in [2.24, 2.45) is 7.05 Å². The smallest absolute Gasteiger partial charge is 0.254 e. The van der Waals surface area contributed by atoms with Crippen LogP contribution in [0.15, 0.2) is 59.8 Å². The van der Waals surface area contributed by atoms with Gasteiger partial charge in [0.05, 0.1) is 18.3 Å². The van der Waals surface area contributed by atoms with E-state index in [2.05, 4.69) is 24.2 Å². The van der Waals surface area contributed by atoms with E-state index in [1.807, 2.05) is 49.1 Å². The minimum atomic E-state index is -0.0931. The third-order valence-electron chi connectivity index (χ3n) is 4.14. The van der Waals surface area contributed by atoms with Gasteiger partial charge >= 0.3 is 0 Å². The minimum absolute atomic E-state index is 0.0101. The summed E-state index contributed by atoms with van der Waals surface area (Å²) in [7, 11) is 1.74. The van der Waals surface area contributed by atoms with Crippen molar-refractivity contribution in [3.05, 3.63) is 70.9 Å². The fraction of sp³-hybridized carbons (Fsp3) is 0.300. The summed E-state index contributed by atoms with van der Waals surface area (Å²) in [5.41, 5.74) is 2.89. The second-order valence-corrected chi connectivity index (χ2v) is 6.46. The van der Waals surface area contributed by atoms with Gasteiger partial charge in [0.15, 0.2) is 0 Å². The molecule has 0 N–H and O–H groups in total. The van der Waals surface area contributed by atoms with Crippen molar-refractivity contribution in [3.63, 3.8) is 0 Å². The van der Waals surface area contributed by atoms with E-state index in [1.54, 1.807) is 17.8 Å². The molecular weight excluding hydrogens is 314 g/mol. The molecule has 0 fully saturated rings. The number of rotatable bonds is 5. The van der Waals surface area contributed by atoms with Gasteiger partial charge in [-0.3, -0.25) is 9.48 Å². The van der Waals surface area contributed by atoms with Crippen LogP contribution in [0.1, 0.15) is 32.4 Å². The normalized spacial score (nSPS) is 12.4. The predicted octanol–water partition coefficient (Wildman–Crippen LogP) is 3.65. The van der Waals surface area contributed by atoms with Gasteiger partial charge in [-0.1, -0.05) is 30.3 Å². The minimum Gasteiger partial charge on any atom is -0.490 e. The molecule has 2 heterocycles. The molecule has 0 spiro atoms. The average molecular weight is 337 g/mol. The quantitative estimate of drug-likeness (QED) is 0.714. The Morgan fingerprint density at radius 1 is 1.08 bits per heavy atom. The Kier molecular flexibility index (Phi) is 4.74. The lowest BCUT2D eigenvalue weighted by molar-refractivity contribution is 0.242. The molecule has 0 aliphatic carbocycles. The summed E-state index contributed by atoms with van der Waals surface area (Å²) < 4.78 is 9.32. The van der Waals surface area contributed by atoms with E-state index >= 15 is 0 Å². The summed E-state index contributed by atoms with van der Waals surface area (Å²) in [6.07, 6.45) is 5.59. The number of pyridine rings is 1. The fourth-order valence-electron chi connectivity index (χ4n) is 2.75. The Labute approximate surface area is 147 Å². The van der Waals surface area contributed by atoms with Crippen LogP contribution in [0.3, 0.4) is 0 Å². The van der Waals surface area contributed by atoms with Gasteiger partial charge in [0.25, 0.3) is 5.56 Å². The van der Waals surface area contributed by atoms with Crippen molar-refractivity contribution in [3.8, 4) is 16.9 Å². The molecule has 25 heavy (non-hydrogen) atoms. The molecule has 0 aliphatic heterocycles. The van der Waals surface area contributed by atoms with Gasteiger partial charge in [-0.15, -0.1) is 0 Å². The monoisotopic (exact) mass is 337 g/mol. The largest absolute Gasteiger partial charge is 0.490 e. The van der Waals surface area contributed by atoms with Crippen molar-refractivity contribution >= 4 is 0 Å². The van der Waals surface area contributed by atoms with E-state index in [9.17, 15) is 4.79 Å². The first-order valence-corrected chi connectivity index (χ1v) is 8.42. The Morgan fingerprint density at radius 3 is 2.48 bits per heavy atom. The fourth-order valence-corrected chi connectivity index (χ4v) is 2.75. The van der Waals surface area contributed by atoms with Crippen LogP contribution in [0.4, 0.5) is 0 Å². The molecule has 1 atom stereocenters. The topological polar surface area (TPSA) is 49.1 Å². The van der Waals surface area contributed by atoms with Crippen LogP contribution < -0.4 is 10.3 Å². The molecule has 130 valence electrons. The number of hydrogen-bond donors (Lipinski definition) is 0. The molecule has 0 aliphatic rings. The van der Waals surface area contributed by atoms with E-state index in [0.717, 1.165) is 11.1 Å². The van der Waals surface area contributed by atoms with Crippen LogP contribution in [-0.2, 0) is 7.05 Å². The Balaban J connectivity index is 1.99. The first kappa shape index (κ1) is 17.0. The number of hydrogen-bond acceptors (Lipinski definition) is 3. The zero-order valence-corrected chi connectivity index (χ0v) is 15.0. The van der Waals surface area contributed by atoms with Gasteiger partial charge < -0.3 is 9.30 Å². The van der Waals surface area contributed by atoms with Crippen molar-refractivity contribution in [2.45, 2.75) is 32.9 Å². The first-order chi connectivity index (χ1) is 12.0. The van der Waals surface area contributed by atoms with Crippen LogP contribution in [0.25, 0.3) is 11.1 Å². The summed E-state index contributed by atoms with van der Waals surface area (Å²) in [5, 5.41) is 4.51. The summed E-state index contributed by atoms with van der Waals surface area (Å²) >= 11 is 0. The standard InChI is InChI=1S/C20H23N3O2/c1-14(2)25-19-10-20(24)22(4)13-18(19)17-11-21-23(12-17)15(3)16-8-6-5-7-9-16/h5-15H,1-4H3/t15-/m0/s1. The molecule has 5 heteroatoms. The summed E-state index contributed by atoms with van der Waals surface area (Å²) in [6.45, 7) is 6.00. The summed E-state index contributed by atoms with van der Waals surface area (Å²) in [6, 6.07) is 11.9. The molecule has 3 rings (SSSR count). The van der Waals surface area contributed by atoms with Crippen LogP contribution in [0.2, 0.25) is 0 Å². The summed E-state index contributed by atoms with van der Waals surface area (Å²) in [5.74, 6) is 0.588. The van der Waals surface area contributed by atoms with E-state index in [1.165, 1.54) is 11.6 Å². The predicted molar refractivity (Wildman–Crippen MR) is 98.9 cm³/mol. The highest BCUT2D eigenvalue weighted by Gasteiger charge is 2.15. The first-order valence-electron chi connectivity index (χ1n) is 8.42. The van der Waals surface area contributed by atoms with Gasteiger partial charge in [-0.25, -0.2) is 0 Å². The molecule has 0 amide bonds. The maximum absolute atomic E-state index is 12.0. The Bertz CT molecular complexity index is 910. The average Bonchev–Trinajstić information content (AvgIpc) is 3.07. The van der Waals surface area contributed by atoms with Gasteiger partial charge in [-0.2, -0.15) is 5.10 Å². The molecule has 0 bridgehead atoms. The second kappa shape index (κ2) is 6.97. The van der Waals surface area contributed by atoms with Crippen LogP contribution in [0.5, 0.6) is 5.75 Å². The van der Waals surface area contributed by atoms with E-state index in [-0.39, 0.29) is 17.7 Å². The highest BCUT2D eigenvalue weighted by Crippen LogP contribution is 2.30. The Morgan fingerprint density at radius 2 is 1.80 bits per heavy atom. The van der Waals surface area contributed by atoms with Crippen LogP contribution in [0, 0.1) is 0 Å². The molecule has 2 aromatic heterocycles. The molecule has 1 aromatic carbocycles. The zero-order valence-electron chi connectivity index (χ0n) is 15.0. The SMILES string of the molecule is CC(C)Oc1cc(=O)n(C)cc1-c1cnn([C@@H](C)c2ccccc2)c1. The number of aromatic nitrogens is 3. The summed E-state index contributed by atoms with van der Waals surface area (Å²) in [4.78, 5) is 12.0. The van der Waals surface area contributed by atoms with Gasteiger partial charge in [0.2, 0.25) is 0 Å². The van der Waals surface area contributed by atoms with Crippen LogP contribution in [-0.4, -0.2) is 20.5 Å². The molecule has 0 saturated heterocycles. The van der Waals surface area contributed by atoms with Crippen molar-refractivity contribution in [1.82, 2.24) is 14.3 Å². The molecule has 0 unspecified atom stereocenters. The number of ether oxygens (including phenoxy) is 1. The van der Waals surface area contributed by atoms with E-state index < -0.39 is 0 Å². The van der Waals surface area contributed by atoms with E-state index in [0.29, 0.717) is 5.75 Å². The van der Waals surface area contributed by atoms with Crippen molar-refractivity contribution in [2.75, 3.05) is 0 Å². The van der Waals surface area contributed by atoms with Gasteiger partial charge in [0, 0.05) is 36.6 Å². The molecule has 5 nitrogen and oxygen atoms in total.